The molecule has 0 amide bonds. The molecule has 0 aliphatic carbocycles. The molecule has 0 spiro atoms. The van der Waals surface area contributed by atoms with Crippen LogP contribution in [0.15, 0.2) is 96.0 Å². The Balaban J connectivity index is 1.95. The van der Waals surface area contributed by atoms with Crippen molar-refractivity contribution in [1.29, 1.82) is 5.26 Å². The molecule has 1 aliphatic rings. The number of nitrogens with two attached hydrogens (primary N) is 1. The number of carbonyl (C=O) groups excluding carboxylic acids is 2. The van der Waals surface area contributed by atoms with E-state index in [-0.39, 0.29) is 22.7 Å². The standard InChI is InChI=1S/C26H21N5O4/c1-34-25(32)22-21(17-6-4-3-5-7-17)20(12-27)24(28)31(23(22)26(33)35-2)19-10-8-16(9-11-19)18-13-29-15-30-14-18/h3-11,13-15,21H,28H2,1-2H3. The van der Waals surface area contributed by atoms with Crippen molar-refractivity contribution in [3.8, 4) is 17.2 Å². The lowest BCUT2D eigenvalue weighted by molar-refractivity contribution is -0.139. The van der Waals surface area contributed by atoms with Gasteiger partial charge in [0.25, 0.3) is 0 Å². The first-order valence-electron chi connectivity index (χ1n) is 10.5. The highest BCUT2D eigenvalue weighted by atomic mass is 16.5. The molecule has 9 heteroatoms. The van der Waals surface area contributed by atoms with Crippen LogP contribution in [0.4, 0.5) is 5.69 Å². The fourth-order valence-electron chi connectivity index (χ4n) is 4.03. The minimum Gasteiger partial charge on any atom is -0.466 e. The summed E-state index contributed by atoms with van der Waals surface area (Å²) < 4.78 is 10.1. The van der Waals surface area contributed by atoms with Gasteiger partial charge in [0.2, 0.25) is 0 Å². The summed E-state index contributed by atoms with van der Waals surface area (Å²) in [5, 5.41) is 10.1. The third-order valence-electron chi connectivity index (χ3n) is 5.63. The highest BCUT2D eigenvalue weighted by Crippen LogP contribution is 2.43. The molecule has 0 saturated heterocycles. The van der Waals surface area contributed by atoms with E-state index < -0.39 is 17.9 Å². The highest BCUT2D eigenvalue weighted by Gasteiger charge is 2.42. The zero-order valence-corrected chi connectivity index (χ0v) is 19.0. The van der Waals surface area contributed by atoms with Gasteiger partial charge in [0, 0.05) is 23.6 Å². The molecule has 2 aromatic carbocycles. The molecule has 1 aliphatic heterocycles. The Kier molecular flexibility index (Phi) is 6.55. The molecule has 9 nitrogen and oxygen atoms in total. The number of nitrogens with zero attached hydrogens (tertiary/aromatic N) is 4. The van der Waals surface area contributed by atoms with Crippen molar-refractivity contribution in [2.75, 3.05) is 19.1 Å². The van der Waals surface area contributed by atoms with E-state index >= 15 is 0 Å². The van der Waals surface area contributed by atoms with Crippen molar-refractivity contribution in [2.45, 2.75) is 5.92 Å². The number of nitriles is 1. The lowest BCUT2D eigenvalue weighted by atomic mass is 9.81. The Labute approximate surface area is 201 Å². The first-order chi connectivity index (χ1) is 17.0. The van der Waals surface area contributed by atoms with E-state index in [1.807, 2.05) is 0 Å². The zero-order chi connectivity index (χ0) is 24.9. The topological polar surface area (TPSA) is 131 Å². The molecule has 2 N–H and O–H groups in total. The molecular weight excluding hydrogens is 446 g/mol. The maximum Gasteiger partial charge on any atom is 0.355 e. The predicted octanol–water partition coefficient (Wildman–Crippen LogP) is 3.04. The van der Waals surface area contributed by atoms with Gasteiger partial charge in [-0.25, -0.2) is 19.6 Å². The van der Waals surface area contributed by atoms with Gasteiger partial charge >= 0.3 is 11.9 Å². The van der Waals surface area contributed by atoms with E-state index in [1.54, 1.807) is 67.0 Å². The van der Waals surface area contributed by atoms with E-state index in [1.165, 1.54) is 25.4 Å². The SMILES string of the molecule is COC(=O)C1=C(C(=O)OC)N(c2ccc(-c3cncnc3)cc2)C(N)=C(C#N)C1c1ccccc1. The van der Waals surface area contributed by atoms with Crippen LogP contribution in [-0.2, 0) is 19.1 Å². The molecular formula is C26H21N5O4. The first-order valence-corrected chi connectivity index (χ1v) is 10.5. The van der Waals surface area contributed by atoms with Gasteiger partial charge in [-0.15, -0.1) is 0 Å². The molecule has 1 atom stereocenters. The number of carbonyl (C=O) groups is 2. The molecule has 0 saturated carbocycles. The number of anilines is 1. The summed E-state index contributed by atoms with van der Waals surface area (Å²) in [6.45, 7) is 0. The second-order valence-corrected chi connectivity index (χ2v) is 7.51. The fourth-order valence-corrected chi connectivity index (χ4v) is 4.03. The molecule has 0 bridgehead atoms. The predicted molar refractivity (Wildman–Crippen MR) is 127 cm³/mol. The smallest absolute Gasteiger partial charge is 0.355 e. The summed E-state index contributed by atoms with van der Waals surface area (Å²) in [6.07, 6.45) is 4.78. The third-order valence-corrected chi connectivity index (χ3v) is 5.63. The number of hydrogen-bond acceptors (Lipinski definition) is 9. The summed E-state index contributed by atoms with van der Waals surface area (Å²) in [5.74, 6) is -2.49. The van der Waals surface area contributed by atoms with Gasteiger partial charge in [-0.2, -0.15) is 5.26 Å². The fraction of sp³-hybridized carbons (Fsp3) is 0.115. The van der Waals surface area contributed by atoms with Gasteiger partial charge < -0.3 is 15.2 Å². The summed E-state index contributed by atoms with van der Waals surface area (Å²) >= 11 is 0. The van der Waals surface area contributed by atoms with Crippen LogP contribution >= 0.6 is 0 Å². The average Bonchev–Trinajstić information content (AvgIpc) is 2.92. The molecule has 35 heavy (non-hydrogen) atoms. The Hall–Kier alpha value is -4.97. The number of benzene rings is 2. The minimum absolute atomic E-state index is 0.00482. The van der Waals surface area contributed by atoms with Crippen LogP contribution in [0.5, 0.6) is 0 Å². The van der Waals surface area contributed by atoms with Crippen LogP contribution in [0.25, 0.3) is 11.1 Å². The Morgan fingerprint density at radius 2 is 1.57 bits per heavy atom. The van der Waals surface area contributed by atoms with Gasteiger partial charge in [-0.05, 0) is 23.3 Å². The zero-order valence-electron chi connectivity index (χ0n) is 19.0. The summed E-state index contributed by atoms with van der Waals surface area (Å²) in [7, 11) is 2.42. The van der Waals surface area contributed by atoms with Crippen LogP contribution < -0.4 is 10.6 Å². The highest BCUT2D eigenvalue weighted by molar-refractivity contribution is 6.06. The lowest BCUT2D eigenvalue weighted by Crippen LogP contribution is -2.40. The average molecular weight is 467 g/mol. The van der Waals surface area contributed by atoms with Gasteiger partial charge in [-0.3, -0.25) is 4.90 Å². The summed E-state index contributed by atoms with van der Waals surface area (Å²) in [5.41, 5.74) is 9.10. The number of allylic oxidation sites excluding steroid dienone is 1. The summed E-state index contributed by atoms with van der Waals surface area (Å²) in [4.78, 5) is 35.5. The lowest BCUT2D eigenvalue weighted by Gasteiger charge is -2.35. The quantitative estimate of drug-likeness (QED) is 0.562. The Bertz CT molecular complexity index is 1360. The van der Waals surface area contributed by atoms with Crippen molar-refractivity contribution >= 4 is 17.6 Å². The van der Waals surface area contributed by atoms with Crippen LogP contribution in [0.3, 0.4) is 0 Å². The van der Waals surface area contributed by atoms with Crippen LogP contribution in [-0.4, -0.2) is 36.1 Å². The van der Waals surface area contributed by atoms with Gasteiger partial charge in [-0.1, -0.05) is 42.5 Å². The minimum atomic E-state index is -0.917. The summed E-state index contributed by atoms with van der Waals surface area (Å²) in [6, 6.07) is 18.0. The molecule has 0 radical (unpaired) electrons. The van der Waals surface area contributed by atoms with Crippen molar-refractivity contribution < 1.29 is 19.1 Å². The van der Waals surface area contributed by atoms with E-state index in [2.05, 4.69) is 16.0 Å². The Morgan fingerprint density at radius 3 is 2.14 bits per heavy atom. The first kappa shape index (κ1) is 23.2. The molecule has 0 fully saturated rings. The van der Waals surface area contributed by atoms with Gasteiger partial charge in [0.05, 0.1) is 37.4 Å². The van der Waals surface area contributed by atoms with Gasteiger partial charge in [0.1, 0.15) is 17.8 Å². The van der Waals surface area contributed by atoms with Crippen LogP contribution in [0, 0.1) is 11.3 Å². The maximum absolute atomic E-state index is 13.1. The molecule has 174 valence electrons. The van der Waals surface area contributed by atoms with Gasteiger partial charge in [0.15, 0.2) is 0 Å². The molecule has 4 rings (SSSR count). The molecule has 3 aromatic rings. The number of methoxy groups -OCH3 is 2. The molecule has 1 aromatic heterocycles. The molecule has 1 unspecified atom stereocenters. The van der Waals surface area contributed by atoms with Crippen LogP contribution in [0.2, 0.25) is 0 Å². The number of esters is 2. The number of rotatable bonds is 5. The van der Waals surface area contributed by atoms with E-state index in [9.17, 15) is 14.9 Å². The van der Waals surface area contributed by atoms with E-state index in [4.69, 9.17) is 15.2 Å². The van der Waals surface area contributed by atoms with Crippen molar-refractivity contribution in [3.63, 3.8) is 0 Å². The monoisotopic (exact) mass is 467 g/mol. The third kappa shape index (κ3) is 4.20. The number of hydrogen-bond donors (Lipinski definition) is 1. The van der Waals surface area contributed by atoms with Crippen LogP contribution in [0.1, 0.15) is 11.5 Å². The molecule has 2 heterocycles. The largest absolute Gasteiger partial charge is 0.466 e. The maximum atomic E-state index is 13.1. The van der Waals surface area contributed by atoms with E-state index in [0.29, 0.717) is 11.3 Å². The number of aromatic nitrogens is 2. The second kappa shape index (κ2) is 9.89. The number of ether oxygens (including phenoxy) is 2. The van der Waals surface area contributed by atoms with Crippen molar-refractivity contribution in [1.82, 2.24) is 9.97 Å². The second-order valence-electron chi connectivity index (χ2n) is 7.51. The normalized spacial score (nSPS) is 15.5. The van der Waals surface area contributed by atoms with Crippen molar-refractivity contribution in [2.24, 2.45) is 5.73 Å². The Morgan fingerprint density at radius 1 is 0.943 bits per heavy atom. The van der Waals surface area contributed by atoms with Crippen molar-refractivity contribution in [3.05, 3.63) is 102 Å². The van der Waals surface area contributed by atoms with E-state index in [0.717, 1.165) is 11.1 Å².